The number of benzene rings is 1. The molecule has 0 aliphatic carbocycles. The molecular formula is C20H19NO4S. The molecule has 0 atom stereocenters. The topological polar surface area (TPSA) is 59.8 Å². The quantitative estimate of drug-likeness (QED) is 0.455. The van der Waals surface area contributed by atoms with Crippen molar-refractivity contribution in [3.8, 4) is 0 Å². The third-order valence-electron chi connectivity index (χ3n) is 4.22. The van der Waals surface area contributed by atoms with Crippen LogP contribution in [0.15, 0.2) is 68.8 Å². The summed E-state index contributed by atoms with van der Waals surface area (Å²) in [6, 6.07) is 11.4. The third kappa shape index (κ3) is 3.46. The number of amides is 1. The average molecular weight is 369 g/mol. The van der Waals surface area contributed by atoms with Crippen molar-refractivity contribution in [1.29, 1.82) is 0 Å². The fourth-order valence-electron chi connectivity index (χ4n) is 2.84. The molecule has 0 fully saturated rings. The number of allylic oxidation sites excluding steroid dienone is 1. The number of carbonyl (C=O) groups is 2. The van der Waals surface area contributed by atoms with Crippen LogP contribution in [0.4, 0.5) is 0 Å². The summed E-state index contributed by atoms with van der Waals surface area (Å²) in [4.78, 5) is 27.9. The van der Waals surface area contributed by atoms with Gasteiger partial charge in [0, 0.05) is 10.6 Å². The summed E-state index contributed by atoms with van der Waals surface area (Å²) in [6.07, 6.45) is 5.28. The van der Waals surface area contributed by atoms with Gasteiger partial charge < -0.3 is 14.1 Å². The SMILES string of the molecule is COC(=O)C1=C(C)N(Cc2ccco2)C(=O)C1=Cc1ccc(SC)cc1. The Labute approximate surface area is 156 Å². The number of hydrogen-bond acceptors (Lipinski definition) is 5. The molecule has 0 radical (unpaired) electrons. The number of carbonyl (C=O) groups excluding carboxylic acids is 2. The van der Waals surface area contributed by atoms with E-state index in [2.05, 4.69) is 0 Å². The van der Waals surface area contributed by atoms with Crippen molar-refractivity contribution in [3.05, 3.63) is 70.8 Å². The summed E-state index contributed by atoms with van der Waals surface area (Å²) in [5, 5.41) is 0. The van der Waals surface area contributed by atoms with Gasteiger partial charge in [-0.1, -0.05) is 12.1 Å². The number of ether oxygens (including phenoxy) is 1. The van der Waals surface area contributed by atoms with Crippen LogP contribution in [0.3, 0.4) is 0 Å². The van der Waals surface area contributed by atoms with Crippen LogP contribution in [0.25, 0.3) is 6.08 Å². The first kappa shape index (κ1) is 18.1. The van der Waals surface area contributed by atoms with Crippen molar-refractivity contribution in [3.63, 3.8) is 0 Å². The van der Waals surface area contributed by atoms with Gasteiger partial charge in [-0.2, -0.15) is 0 Å². The van der Waals surface area contributed by atoms with Crippen LogP contribution in [-0.4, -0.2) is 30.1 Å². The van der Waals surface area contributed by atoms with E-state index in [1.54, 1.807) is 43.2 Å². The Morgan fingerprint density at radius 1 is 1.27 bits per heavy atom. The van der Waals surface area contributed by atoms with Crippen molar-refractivity contribution >= 4 is 29.7 Å². The molecule has 1 amide bonds. The Morgan fingerprint density at radius 3 is 2.58 bits per heavy atom. The van der Waals surface area contributed by atoms with Gasteiger partial charge in [-0.05, 0) is 49.1 Å². The summed E-state index contributed by atoms with van der Waals surface area (Å²) < 4.78 is 10.2. The van der Waals surface area contributed by atoms with Crippen LogP contribution < -0.4 is 0 Å². The second-order valence-corrected chi connectivity index (χ2v) is 6.63. The van der Waals surface area contributed by atoms with Crippen LogP contribution in [0, 0.1) is 0 Å². The molecule has 1 aromatic heterocycles. The Hall–Kier alpha value is -2.73. The summed E-state index contributed by atoms with van der Waals surface area (Å²) in [7, 11) is 1.31. The van der Waals surface area contributed by atoms with Gasteiger partial charge in [-0.15, -0.1) is 11.8 Å². The van der Waals surface area contributed by atoms with Gasteiger partial charge in [-0.25, -0.2) is 4.79 Å². The number of methoxy groups -OCH3 is 1. The maximum atomic E-state index is 13.0. The molecule has 6 heteroatoms. The van der Waals surface area contributed by atoms with E-state index >= 15 is 0 Å². The van der Waals surface area contributed by atoms with Crippen LogP contribution >= 0.6 is 11.8 Å². The molecule has 0 N–H and O–H groups in total. The van der Waals surface area contributed by atoms with Crippen LogP contribution in [0.1, 0.15) is 18.2 Å². The predicted octanol–water partition coefficient (Wildman–Crippen LogP) is 3.87. The highest BCUT2D eigenvalue weighted by atomic mass is 32.2. The summed E-state index contributed by atoms with van der Waals surface area (Å²) in [6.45, 7) is 2.01. The van der Waals surface area contributed by atoms with E-state index in [0.717, 1.165) is 10.5 Å². The Morgan fingerprint density at radius 2 is 2.00 bits per heavy atom. The molecule has 1 aliphatic heterocycles. The Kier molecular flexibility index (Phi) is 5.32. The van der Waals surface area contributed by atoms with E-state index in [4.69, 9.17) is 9.15 Å². The zero-order valence-electron chi connectivity index (χ0n) is 14.8. The van der Waals surface area contributed by atoms with E-state index in [1.165, 1.54) is 12.0 Å². The second-order valence-electron chi connectivity index (χ2n) is 5.75. The lowest BCUT2D eigenvalue weighted by Crippen LogP contribution is -2.24. The molecular weight excluding hydrogens is 350 g/mol. The fourth-order valence-corrected chi connectivity index (χ4v) is 3.25. The molecule has 0 saturated carbocycles. The number of nitrogens with zero attached hydrogens (tertiary/aromatic N) is 1. The molecule has 5 nitrogen and oxygen atoms in total. The standard InChI is InChI=1S/C20H19NO4S/c1-13-18(20(23)24-2)17(11-14-6-8-16(26-3)9-7-14)19(22)21(13)12-15-5-4-10-25-15/h4-11H,12H2,1-3H3. The summed E-state index contributed by atoms with van der Waals surface area (Å²) in [5.41, 5.74) is 2.03. The van der Waals surface area contributed by atoms with Crippen LogP contribution in [0.2, 0.25) is 0 Å². The van der Waals surface area contributed by atoms with E-state index in [9.17, 15) is 9.59 Å². The largest absolute Gasteiger partial charge is 0.467 e. The van der Waals surface area contributed by atoms with E-state index in [1.807, 2.05) is 30.5 Å². The lowest BCUT2D eigenvalue weighted by molar-refractivity contribution is -0.136. The zero-order chi connectivity index (χ0) is 18.7. The van der Waals surface area contributed by atoms with Crippen molar-refractivity contribution in [2.75, 3.05) is 13.4 Å². The number of hydrogen-bond donors (Lipinski definition) is 0. The first-order valence-corrected chi connectivity index (χ1v) is 9.27. The van der Waals surface area contributed by atoms with E-state index in [-0.39, 0.29) is 18.0 Å². The van der Waals surface area contributed by atoms with Gasteiger partial charge in [0.1, 0.15) is 5.76 Å². The Balaban J connectivity index is 2.00. The maximum absolute atomic E-state index is 13.0. The van der Waals surface area contributed by atoms with E-state index in [0.29, 0.717) is 17.0 Å². The number of esters is 1. The molecule has 2 aromatic rings. The van der Waals surface area contributed by atoms with Crippen molar-refractivity contribution in [2.45, 2.75) is 18.4 Å². The van der Waals surface area contributed by atoms with Gasteiger partial charge in [0.05, 0.1) is 31.1 Å². The molecule has 0 bridgehead atoms. The smallest absolute Gasteiger partial charge is 0.340 e. The predicted molar refractivity (Wildman–Crippen MR) is 100 cm³/mol. The lowest BCUT2D eigenvalue weighted by atomic mass is 10.0. The minimum atomic E-state index is -0.523. The monoisotopic (exact) mass is 369 g/mol. The number of furan rings is 1. The van der Waals surface area contributed by atoms with Gasteiger partial charge in [0.2, 0.25) is 0 Å². The molecule has 0 saturated heterocycles. The first-order chi connectivity index (χ1) is 12.5. The molecule has 0 unspecified atom stereocenters. The van der Waals surface area contributed by atoms with E-state index < -0.39 is 5.97 Å². The van der Waals surface area contributed by atoms with Gasteiger partial charge >= 0.3 is 5.97 Å². The fraction of sp³-hybridized carbons (Fsp3) is 0.200. The van der Waals surface area contributed by atoms with Crippen molar-refractivity contribution in [1.82, 2.24) is 4.90 Å². The normalized spacial score (nSPS) is 15.9. The molecule has 3 rings (SSSR count). The summed E-state index contributed by atoms with van der Waals surface area (Å²) >= 11 is 1.64. The first-order valence-electron chi connectivity index (χ1n) is 8.04. The molecule has 26 heavy (non-hydrogen) atoms. The molecule has 0 spiro atoms. The summed E-state index contributed by atoms with van der Waals surface area (Å²) in [5.74, 6) is -0.120. The zero-order valence-corrected chi connectivity index (χ0v) is 15.6. The van der Waals surface area contributed by atoms with Crippen molar-refractivity contribution < 1.29 is 18.7 Å². The second kappa shape index (κ2) is 7.66. The Bertz CT molecular complexity index is 879. The third-order valence-corrected chi connectivity index (χ3v) is 4.97. The van der Waals surface area contributed by atoms with Gasteiger partial charge in [0.15, 0.2) is 0 Å². The number of thioether (sulfide) groups is 1. The minimum absolute atomic E-state index is 0.242. The minimum Gasteiger partial charge on any atom is -0.467 e. The van der Waals surface area contributed by atoms with Gasteiger partial charge in [0.25, 0.3) is 5.91 Å². The molecule has 2 heterocycles. The van der Waals surface area contributed by atoms with Gasteiger partial charge in [-0.3, -0.25) is 4.79 Å². The van der Waals surface area contributed by atoms with Crippen LogP contribution in [0.5, 0.6) is 0 Å². The average Bonchev–Trinajstić information content (AvgIpc) is 3.25. The molecule has 1 aromatic carbocycles. The van der Waals surface area contributed by atoms with Crippen LogP contribution in [-0.2, 0) is 20.9 Å². The lowest BCUT2D eigenvalue weighted by Gasteiger charge is -2.16. The number of rotatable bonds is 5. The molecule has 1 aliphatic rings. The van der Waals surface area contributed by atoms with Crippen molar-refractivity contribution in [2.24, 2.45) is 0 Å². The highest BCUT2D eigenvalue weighted by molar-refractivity contribution is 7.98. The maximum Gasteiger partial charge on any atom is 0.340 e. The highest BCUT2D eigenvalue weighted by Gasteiger charge is 2.37. The molecule has 134 valence electrons. The highest BCUT2D eigenvalue weighted by Crippen LogP contribution is 2.33.